The average Bonchev–Trinajstić information content (AvgIpc) is 3.09. The van der Waals surface area contributed by atoms with Crippen LogP contribution in [0.5, 0.6) is 0 Å². The molecule has 102 valence electrons. The molecule has 0 unspecified atom stereocenters. The summed E-state index contributed by atoms with van der Waals surface area (Å²) >= 11 is 0. The molecule has 0 amide bonds. The molecule has 0 saturated heterocycles. The van der Waals surface area contributed by atoms with Crippen LogP contribution < -0.4 is 5.43 Å². The van der Waals surface area contributed by atoms with Crippen LogP contribution in [0.3, 0.4) is 0 Å². The van der Waals surface area contributed by atoms with Crippen molar-refractivity contribution in [3.63, 3.8) is 0 Å². The minimum absolute atomic E-state index is 0.576. The first-order chi connectivity index (χ1) is 10.3. The zero-order chi connectivity index (χ0) is 14.2. The van der Waals surface area contributed by atoms with E-state index in [0.717, 1.165) is 27.8 Å². The van der Waals surface area contributed by atoms with Crippen LogP contribution >= 0.6 is 0 Å². The Hall–Kier alpha value is -3.07. The van der Waals surface area contributed by atoms with E-state index >= 15 is 0 Å². The quantitative estimate of drug-likeness (QED) is 0.726. The predicted molar refractivity (Wildman–Crippen MR) is 77.9 cm³/mol. The molecule has 0 atom stereocenters. The third-order valence-electron chi connectivity index (χ3n) is 3.65. The number of pyridine rings is 1. The normalized spacial score (nSPS) is 13.2. The maximum absolute atomic E-state index is 8.97. The second-order valence-corrected chi connectivity index (χ2v) is 5.01. The van der Waals surface area contributed by atoms with Crippen molar-refractivity contribution >= 4 is 16.6 Å². The number of hydrogen-bond acceptors (Lipinski definition) is 5. The van der Waals surface area contributed by atoms with Gasteiger partial charge in [0.2, 0.25) is 0 Å². The zero-order valence-electron chi connectivity index (χ0n) is 11.2. The Kier molecular flexibility index (Phi) is 2.51. The molecule has 3 aromatic rings. The van der Waals surface area contributed by atoms with Gasteiger partial charge in [0.15, 0.2) is 6.19 Å². The van der Waals surface area contributed by atoms with Crippen LogP contribution in [-0.4, -0.2) is 19.8 Å². The van der Waals surface area contributed by atoms with Crippen molar-refractivity contribution in [1.82, 2.24) is 19.8 Å². The van der Waals surface area contributed by atoms with Gasteiger partial charge in [-0.1, -0.05) is 24.3 Å². The van der Waals surface area contributed by atoms with Gasteiger partial charge < -0.3 is 4.90 Å². The van der Waals surface area contributed by atoms with Gasteiger partial charge in [-0.05, 0) is 11.5 Å². The number of nitrogens with one attached hydrogen (secondary N) is 1. The lowest BCUT2D eigenvalue weighted by Gasteiger charge is -2.10. The Bertz CT molecular complexity index is 860. The fourth-order valence-electron chi connectivity index (χ4n) is 2.57. The smallest absolute Gasteiger partial charge is 0.180 e. The molecule has 0 aliphatic carbocycles. The lowest BCUT2D eigenvalue weighted by atomic mass is 10.2. The van der Waals surface area contributed by atoms with Crippen molar-refractivity contribution in [2.75, 3.05) is 5.43 Å². The number of fused-ring (bicyclic) bond motifs is 2. The third kappa shape index (κ3) is 1.96. The Morgan fingerprint density at radius 3 is 2.86 bits per heavy atom. The Morgan fingerprint density at radius 1 is 1.14 bits per heavy atom. The van der Waals surface area contributed by atoms with Gasteiger partial charge in [0.05, 0.1) is 25.0 Å². The highest BCUT2D eigenvalue weighted by molar-refractivity contribution is 5.83. The molecular formula is C15H12N6. The fourth-order valence-corrected chi connectivity index (χ4v) is 2.57. The largest absolute Gasteiger partial charge is 0.300 e. The van der Waals surface area contributed by atoms with Gasteiger partial charge in [-0.25, -0.2) is 4.98 Å². The molecule has 6 nitrogen and oxygen atoms in total. The van der Waals surface area contributed by atoms with Gasteiger partial charge in [-0.15, -0.1) is 0 Å². The first-order valence-electron chi connectivity index (χ1n) is 6.66. The standard InChI is InChI=1S/C15H12N6/c16-10-20-8-13-7-18-21(14(13)9-20)19-15-5-11-3-1-2-4-12(11)6-17-15/h1-7H,8-9H2,(H,17,19). The van der Waals surface area contributed by atoms with Gasteiger partial charge >= 0.3 is 0 Å². The predicted octanol–water partition coefficient (Wildman–Crippen LogP) is 2.10. The first kappa shape index (κ1) is 11.7. The lowest BCUT2D eigenvalue weighted by molar-refractivity contribution is 0.406. The summed E-state index contributed by atoms with van der Waals surface area (Å²) in [6.45, 7) is 1.20. The number of aromatic nitrogens is 3. The fraction of sp³-hybridized carbons (Fsp3) is 0.133. The molecule has 1 aliphatic rings. The second kappa shape index (κ2) is 4.49. The summed E-state index contributed by atoms with van der Waals surface area (Å²) in [5, 5.41) is 15.5. The van der Waals surface area contributed by atoms with Crippen molar-refractivity contribution in [1.29, 1.82) is 5.26 Å². The van der Waals surface area contributed by atoms with Crippen LogP contribution in [0, 0.1) is 11.5 Å². The number of hydrogen-bond donors (Lipinski definition) is 1. The maximum atomic E-state index is 8.97. The van der Waals surface area contributed by atoms with Crippen molar-refractivity contribution in [2.45, 2.75) is 13.1 Å². The van der Waals surface area contributed by atoms with Crippen LogP contribution in [0.4, 0.5) is 5.82 Å². The van der Waals surface area contributed by atoms with Crippen LogP contribution in [-0.2, 0) is 13.1 Å². The molecule has 4 rings (SSSR count). The van der Waals surface area contributed by atoms with Gasteiger partial charge in [-0.3, -0.25) is 5.43 Å². The molecule has 1 aliphatic heterocycles. The van der Waals surface area contributed by atoms with E-state index in [0.29, 0.717) is 13.1 Å². The summed E-state index contributed by atoms with van der Waals surface area (Å²) < 4.78 is 0. The molecule has 1 aromatic carbocycles. The molecule has 0 fully saturated rings. The summed E-state index contributed by atoms with van der Waals surface area (Å²) in [6, 6.07) is 10.1. The first-order valence-corrected chi connectivity index (χ1v) is 6.66. The highest BCUT2D eigenvalue weighted by Gasteiger charge is 2.22. The maximum Gasteiger partial charge on any atom is 0.180 e. The molecule has 1 N–H and O–H groups in total. The van der Waals surface area contributed by atoms with E-state index in [1.54, 1.807) is 15.9 Å². The highest BCUT2D eigenvalue weighted by atomic mass is 15.6. The summed E-state index contributed by atoms with van der Waals surface area (Å²) in [7, 11) is 0. The molecule has 0 saturated carbocycles. The number of rotatable bonds is 2. The zero-order valence-corrected chi connectivity index (χ0v) is 11.2. The van der Waals surface area contributed by atoms with Gasteiger partial charge in [-0.2, -0.15) is 15.2 Å². The van der Waals surface area contributed by atoms with E-state index in [1.807, 2.05) is 36.5 Å². The number of anilines is 1. The van der Waals surface area contributed by atoms with Crippen LogP contribution in [0.25, 0.3) is 10.8 Å². The topological polar surface area (TPSA) is 69.8 Å². The molecule has 3 heterocycles. The van der Waals surface area contributed by atoms with E-state index < -0.39 is 0 Å². The molecule has 6 heteroatoms. The van der Waals surface area contributed by atoms with Crippen molar-refractivity contribution < 1.29 is 0 Å². The molecule has 2 aromatic heterocycles. The molecule has 0 bridgehead atoms. The molecular weight excluding hydrogens is 264 g/mol. The lowest BCUT2D eigenvalue weighted by Crippen LogP contribution is -2.17. The molecule has 21 heavy (non-hydrogen) atoms. The summed E-state index contributed by atoms with van der Waals surface area (Å²) in [5.41, 5.74) is 5.26. The summed E-state index contributed by atoms with van der Waals surface area (Å²) in [4.78, 5) is 7.79. The summed E-state index contributed by atoms with van der Waals surface area (Å²) in [5.74, 6) is 0.731. The Labute approximate surface area is 121 Å². The number of nitriles is 1. The van der Waals surface area contributed by atoms with Gasteiger partial charge in [0, 0.05) is 17.1 Å². The van der Waals surface area contributed by atoms with E-state index in [-0.39, 0.29) is 0 Å². The highest BCUT2D eigenvalue weighted by Crippen LogP contribution is 2.22. The van der Waals surface area contributed by atoms with Crippen LogP contribution in [0.2, 0.25) is 0 Å². The van der Waals surface area contributed by atoms with E-state index in [9.17, 15) is 0 Å². The van der Waals surface area contributed by atoms with Crippen molar-refractivity contribution in [3.05, 3.63) is 54.0 Å². The van der Waals surface area contributed by atoms with Gasteiger partial charge in [0.25, 0.3) is 0 Å². The van der Waals surface area contributed by atoms with Crippen LogP contribution in [0.15, 0.2) is 42.7 Å². The van der Waals surface area contributed by atoms with Crippen molar-refractivity contribution in [3.8, 4) is 6.19 Å². The Balaban J connectivity index is 1.66. The number of benzene rings is 1. The van der Waals surface area contributed by atoms with Gasteiger partial charge in [0.1, 0.15) is 5.82 Å². The SMILES string of the molecule is N#CN1Cc2cnn(Nc3cc4ccccc4cn3)c2C1. The second-order valence-electron chi connectivity index (χ2n) is 5.01. The minimum atomic E-state index is 0.576. The Morgan fingerprint density at radius 2 is 2.00 bits per heavy atom. The van der Waals surface area contributed by atoms with Crippen LogP contribution in [0.1, 0.15) is 11.3 Å². The number of nitrogens with zero attached hydrogens (tertiary/aromatic N) is 5. The van der Waals surface area contributed by atoms with E-state index in [1.165, 1.54) is 0 Å². The molecule has 0 spiro atoms. The molecule has 0 radical (unpaired) electrons. The van der Waals surface area contributed by atoms with E-state index in [2.05, 4.69) is 21.7 Å². The minimum Gasteiger partial charge on any atom is -0.300 e. The average molecular weight is 276 g/mol. The van der Waals surface area contributed by atoms with Crippen molar-refractivity contribution in [2.24, 2.45) is 0 Å². The summed E-state index contributed by atoms with van der Waals surface area (Å²) in [6.07, 6.45) is 5.79. The third-order valence-corrected chi connectivity index (χ3v) is 3.65. The van der Waals surface area contributed by atoms with E-state index in [4.69, 9.17) is 5.26 Å². The monoisotopic (exact) mass is 276 g/mol.